The zero-order valence-corrected chi connectivity index (χ0v) is 14.0. The number of rotatable bonds is 2. The van der Waals surface area contributed by atoms with Crippen LogP contribution in [0.1, 0.15) is 11.1 Å². The maximum atomic E-state index is 10.1. The van der Waals surface area contributed by atoms with Crippen LogP contribution in [-0.4, -0.2) is 5.75 Å². The zero-order chi connectivity index (χ0) is 18.0. The Labute approximate surface area is 150 Å². The second-order valence-electron chi connectivity index (χ2n) is 5.80. The standard InChI is InChI=1S/C20H12N4S/c21-11-18(12-22)15-25-20(19(18,13-23)14-24,16-7-3-1-4-8-16)17-9-5-2-6-10-17/h1-10H,15H2. The van der Waals surface area contributed by atoms with Crippen LogP contribution in [0.5, 0.6) is 0 Å². The molecule has 1 aliphatic rings. The van der Waals surface area contributed by atoms with Crippen molar-refractivity contribution in [3.8, 4) is 24.3 Å². The fraction of sp³-hybridized carbons (Fsp3) is 0.200. The average molecular weight is 340 g/mol. The van der Waals surface area contributed by atoms with Crippen molar-refractivity contribution in [3.63, 3.8) is 0 Å². The average Bonchev–Trinajstić information content (AvgIpc) is 3.01. The van der Waals surface area contributed by atoms with Crippen molar-refractivity contribution in [2.45, 2.75) is 4.75 Å². The molecule has 0 radical (unpaired) electrons. The molecule has 1 fully saturated rings. The van der Waals surface area contributed by atoms with Crippen LogP contribution < -0.4 is 0 Å². The lowest BCUT2D eigenvalue weighted by Gasteiger charge is -2.39. The number of benzene rings is 2. The Morgan fingerprint density at radius 2 is 1.12 bits per heavy atom. The quantitative estimate of drug-likeness (QED) is 0.829. The Morgan fingerprint density at radius 3 is 1.48 bits per heavy atom. The van der Waals surface area contributed by atoms with Crippen LogP contribution in [0.4, 0.5) is 0 Å². The summed E-state index contributed by atoms with van der Waals surface area (Å²) in [5, 5.41) is 39.7. The first-order valence-corrected chi connectivity index (χ1v) is 8.55. The van der Waals surface area contributed by atoms with Gasteiger partial charge in [-0.2, -0.15) is 21.0 Å². The van der Waals surface area contributed by atoms with E-state index in [1.54, 1.807) is 0 Å². The smallest absolute Gasteiger partial charge is 0.196 e. The summed E-state index contributed by atoms with van der Waals surface area (Å²) in [4.78, 5) is 0. The highest BCUT2D eigenvalue weighted by Crippen LogP contribution is 2.68. The van der Waals surface area contributed by atoms with E-state index in [-0.39, 0.29) is 5.75 Å². The third-order valence-corrected chi connectivity index (χ3v) is 6.54. The van der Waals surface area contributed by atoms with Gasteiger partial charge in [0.15, 0.2) is 10.8 Å². The van der Waals surface area contributed by atoms with Gasteiger partial charge in [0, 0.05) is 5.75 Å². The molecule has 0 spiro atoms. The van der Waals surface area contributed by atoms with E-state index in [1.807, 2.05) is 72.8 Å². The lowest BCUT2D eigenvalue weighted by atomic mass is 9.57. The van der Waals surface area contributed by atoms with Crippen LogP contribution in [-0.2, 0) is 4.75 Å². The summed E-state index contributed by atoms with van der Waals surface area (Å²) in [5.74, 6) is 0.0882. The molecule has 3 rings (SSSR count). The molecule has 1 aliphatic heterocycles. The van der Waals surface area contributed by atoms with Gasteiger partial charge in [0.1, 0.15) is 4.75 Å². The summed E-state index contributed by atoms with van der Waals surface area (Å²) in [5.41, 5.74) is -2.08. The number of hydrogen-bond donors (Lipinski definition) is 0. The first kappa shape index (κ1) is 16.6. The molecule has 0 bridgehead atoms. The van der Waals surface area contributed by atoms with Crippen LogP contribution in [0.15, 0.2) is 60.7 Å². The van der Waals surface area contributed by atoms with E-state index in [4.69, 9.17) is 0 Å². The maximum absolute atomic E-state index is 10.1. The van der Waals surface area contributed by atoms with E-state index in [0.717, 1.165) is 11.1 Å². The maximum Gasteiger partial charge on any atom is 0.198 e. The number of thioether (sulfide) groups is 1. The Bertz CT molecular complexity index is 888. The Morgan fingerprint density at radius 1 is 0.680 bits per heavy atom. The van der Waals surface area contributed by atoms with Crippen molar-refractivity contribution >= 4 is 11.8 Å². The van der Waals surface area contributed by atoms with Crippen molar-refractivity contribution in [2.24, 2.45) is 10.8 Å². The summed E-state index contributed by atoms with van der Waals surface area (Å²) in [6, 6.07) is 26.5. The van der Waals surface area contributed by atoms with E-state index in [9.17, 15) is 21.0 Å². The van der Waals surface area contributed by atoms with E-state index < -0.39 is 15.6 Å². The summed E-state index contributed by atoms with van der Waals surface area (Å²) in [7, 11) is 0. The van der Waals surface area contributed by atoms with Crippen molar-refractivity contribution in [1.29, 1.82) is 21.0 Å². The van der Waals surface area contributed by atoms with Gasteiger partial charge in [-0.05, 0) is 11.1 Å². The third-order valence-electron chi connectivity index (χ3n) is 4.75. The first-order chi connectivity index (χ1) is 12.2. The van der Waals surface area contributed by atoms with E-state index in [2.05, 4.69) is 12.1 Å². The highest BCUT2D eigenvalue weighted by atomic mass is 32.2. The molecule has 1 saturated heterocycles. The van der Waals surface area contributed by atoms with Gasteiger partial charge in [-0.1, -0.05) is 60.7 Å². The molecule has 0 N–H and O–H groups in total. The van der Waals surface area contributed by atoms with Crippen molar-refractivity contribution in [2.75, 3.05) is 5.75 Å². The molecule has 4 nitrogen and oxygen atoms in total. The molecule has 2 aromatic carbocycles. The predicted octanol–water partition coefficient (Wildman–Crippen LogP) is 3.74. The van der Waals surface area contributed by atoms with Crippen LogP contribution in [0, 0.1) is 56.2 Å². The number of nitrogens with zero attached hydrogens (tertiary/aromatic N) is 4. The van der Waals surface area contributed by atoms with E-state index in [1.165, 1.54) is 11.8 Å². The molecule has 25 heavy (non-hydrogen) atoms. The van der Waals surface area contributed by atoms with Gasteiger partial charge < -0.3 is 0 Å². The molecule has 2 aromatic rings. The SMILES string of the molecule is N#CC1(C#N)CSC(c2ccccc2)(c2ccccc2)C1(C#N)C#N. The Hall–Kier alpha value is -3.25. The molecule has 118 valence electrons. The molecule has 0 unspecified atom stereocenters. The van der Waals surface area contributed by atoms with E-state index >= 15 is 0 Å². The van der Waals surface area contributed by atoms with Crippen LogP contribution in [0.25, 0.3) is 0 Å². The number of nitriles is 4. The lowest BCUT2D eigenvalue weighted by molar-refractivity contribution is 0.298. The topological polar surface area (TPSA) is 95.2 Å². The summed E-state index contributed by atoms with van der Waals surface area (Å²) in [6.07, 6.45) is 0. The normalized spacial score (nSPS) is 18.9. The predicted molar refractivity (Wildman–Crippen MR) is 93.4 cm³/mol. The molecular formula is C20H12N4S. The van der Waals surface area contributed by atoms with Gasteiger partial charge in [-0.3, -0.25) is 0 Å². The molecule has 0 aromatic heterocycles. The molecule has 0 aliphatic carbocycles. The fourth-order valence-corrected chi connectivity index (χ4v) is 5.34. The molecule has 1 heterocycles. The van der Waals surface area contributed by atoms with Crippen LogP contribution in [0.2, 0.25) is 0 Å². The van der Waals surface area contributed by atoms with Gasteiger partial charge >= 0.3 is 0 Å². The number of hydrogen-bond acceptors (Lipinski definition) is 5. The molecular weight excluding hydrogens is 328 g/mol. The van der Waals surface area contributed by atoms with Gasteiger partial charge in [0.05, 0.1) is 24.3 Å². The molecule has 0 saturated carbocycles. The second kappa shape index (κ2) is 5.99. The molecule has 0 atom stereocenters. The first-order valence-electron chi connectivity index (χ1n) is 7.56. The third kappa shape index (κ3) is 1.91. The van der Waals surface area contributed by atoms with E-state index in [0.29, 0.717) is 0 Å². The van der Waals surface area contributed by atoms with Gasteiger partial charge in [0.2, 0.25) is 0 Å². The minimum Gasteiger partial charge on any atom is -0.196 e. The van der Waals surface area contributed by atoms with Crippen molar-refractivity contribution in [3.05, 3.63) is 71.8 Å². The Balaban J connectivity index is 2.46. The van der Waals surface area contributed by atoms with Crippen molar-refractivity contribution < 1.29 is 0 Å². The minimum atomic E-state index is -1.84. The largest absolute Gasteiger partial charge is 0.198 e. The van der Waals surface area contributed by atoms with Crippen molar-refractivity contribution in [1.82, 2.24) is 0 Å². The summed E-state index contributed by atoms with van der Waals surface area (Å²) < 4.78 is -1.12. The minimum absolute atomic E-state index is 0.0882. The fourth-order valence-electron chi connectivity index (χ4n) is 3.48. The van der Waals surface area contributed by atoms with Gasteiger partial charge in [0.25, 0.3) is 0 Å². The Kier molecular flexibility index (Phi) is 3.98. The molecule has 0 amide bonds. The summed E-state index contributed by atoms with van der Waals surface area (Å²) in [6.45, 7) is 0. The van der Waals surface area contributed by atoms with Crippen LogP contribution in [0.3, 0.4) is 0 Å². The summed E-state index contributed by atoms with van der Waals surface area (Å²) >= 11 is 1.32. The molecule has 5 heteroatoms. The second-order valence-corrected chi connectivity index (χ2v) is 6.99. The van der Waals surface area contributed by atoms with Crippen LogP contribution >= 0.6 is 11.8 Å². The lowest BCUT2D eigenvalue weighted by Crippen LogP contribution is -2.48. The highest BCUT2D eigenvalue weighted by molar-refractivity contribution is 8.00. The highest BCUT2D eigenvalue weighted by Gasteiger charge is 2.73. The monoisotopic (exact) mass is 340 g/mol. The zero-order valence-electron chi connectivity index (χ0n) is 13.2. The van der Waals surface area contributed by atoms with Gasteiger partial charge in [-0.25, -0.2) is 0 Å². The van der Waals surface area contributed by atoms with Gasteiger partial charge in [-0.15, -0.1) is 11.8 Å².